The van der Waals surface area contributed by atoms with Crippen molar-refractivity contribution < 1.29 is 4.74 Å². The Labute approximate surface area is 131 Å². The number of nitrogens with one attached hydrogen (secondary N) is 1. The topological polar surface area (TPSA) is 47.0 Å². The number of hydrogen-bond donors (Lipinski definition) is 1. The lowest BCUT2D eigenvalue weighted by Gasteiger charge is -2.18. The molecule has 0 saturated heterocycles. The predicted molar refractivity (Wildman–Crippen MR) is 85.3 cm³/mol. The van der Waals surface area contributed by atoms with Crippen LogP contribution in [0.1, 0.15) is 30.6 Å². The zero-order valence-electron chi connectivity index (χ0n) is 11.6. The SMILES string of the molecule is CCCNC(Cc1cc(Br)ccc1OC)c1csnn1. The maximum Gasteiger partial charge on any atom is 0.122 e. The van der Waals surface area contributed by atoms with Crippen LogP contribution in [0.15, 0.2) is 28.1 Å². The van der Waals surface area contributed by atoms with E-state index in [1.165, 1.54) is 11.5 Å². The third-order valence-electron chi connectivity index (χ3n) is 3.04. The van der Waals surface area contributed by atoms with Crippen molar-refractivity contribution in [2.75, 3.05) is 13.7 Å². The summed E-state index contributed by atoms with van der Waals surface area (Å²) in [5.41, 5.74) is 2.15. The third kappa shape index (κ3) is 4.01. The van der Waals surface area contributed by atoms with Crippen molar-refractivity contribution >= 4 is 27.5 Å². The first-order valence-electron chi connectivity index (χ1n) is 6.57. The first kappa shape index (κ1) is 15.4. The first-order chi connectivity index (χ1) is 9.74. The van der Waals surface area contributed by atoms with Crippen LogP contribution in [0.3, 0.4) is 0 Å². The number of aromatic nitrogens is 2. The zero-order valence-corrected chi connectivity index (χ0v) is 14.0. The molecule has 4 nitrogen and oxygen atoms in total. The van der Waals surface area contributed by atoms with E-state index in [0.717, 1.165) is 40.9 Å². The van der Waals surface area contributed by atoms with E-state index in [1.54, 1.807) is 7.11 Å². The van der Waals surface area contributed by atoms with E-state index < -0.39 is 0 Å². The van der Waals surface area contributed by atoms with Gasteiger partial charge in [-0.25, -0.2) is 0 Å². The summed E-state index contributed by atoms with van der Waals surface area (Å²) in [6.07, 6.45) is 1.91. The van der Waals surface area contributed by atoms with Crippen molar-refractivity contribution in [1.29, 1.82) is 0 Å². The van der Waals surface area contributed by atoms with Crippen LogP contribution in [0, 0.1) is 0 Å². The molecule has 0 aliphatic carbocycles. The van der Waals surface area contributed by atoms with Crippen molar-refractivity contribution in [2.24, 2.45) is 0 Å². The van der Waals surface area contributed by atoms with E-state index in [0.29, 0.717) is 0 Å². The van der Waals surface area contributed by atoms with Gasteiger partial charge in [0.15, 0.2) is 0 Å². The Morgan fingerprint density at radius 1 is 1.45 bits per heavy atom. The maximum atomic E-state index is 5.44. The normalized spacial score (nSPS) is 12.3. The molecule has 0 fully saturated rings. The summed E-state index contributed by atoms with van der Waals surface area (Å²) < 4.78 is 10.5. The Bertz CT molecular complexity index is 533. The molecule has 0 aliphatic heterocycles. The fourth-order valence-electron chi connectivity index (χ4n) is 2.05. The van der Waals surface area contributed by atoms with Crippen molar-refractivity contribution in [1.82, 2.24) is 14.9 Å². The van der Waals surface area contributed by atoms with Gasteiger partial charge in [-0.2, -0.15) is 0 Å². The third-order valence-corrected chi connectivity index (χ3v) is 4.06. The van der Waals surface area contributed by atoms with Crippen LogP contribution in [-0.4, -0.2) is 23.2 Å². The largest absolute Gasteiger partial charge is 0.496 e. The second-order valence-electron chi connectivity index (χ2n) is 4.50. The molecule has 1 unspecified atom stereocenters. The van der Waals surface area contributed by atoms with Crippen molar-refractivity contribution in [3.63, 3.8) is 0 Å². The highest BCUT2D eigenvalue weighted by molar-refractivity contribution is 9.10. The Morgan fingerprint density at radius 2 is 2.30 bits per heavy atom. The number of nitrogens with zero attached hydrogens (tertiary/aromatic N) is 2. The summed E-state index contributed by atoms with van der Waals surface area (Å²) in [4.78, 5) is 0. The lowest BCUT2D eigenvalue weighted by Crippen LogP contribution is -2.24. The van der Waals surface area contributed by atoms with E-state index in [9.17, 15) is 0 Å². The van der Waals surface area contributed by atoms with Gasteiger partial charge < -0.3 is 10.1 Å². The average molecular weight is 356 g/mol. The van der Waals surface area contributed by atoms with E-state index >= 15 is 0 Å². The summed E-state index contributed by atoms with van der Waals surface area (Å²) in [6.45, 7) is 3.11. The van der Waals surface area contributed by atoms with Gasteiger partial charge in [-0.15, -0.1) is 5.10 Å². The number of ether oxygens (including phenoxy) is 1. The average Bonchev–Trinajstić information content (AvgIpc) is 2.97. The van der Waals surface area contributed by atoms with Gasteiger partial charge in [0.2, 0.25) is 0 Å². The Balaban J connectivity index is 2.21. The van der Waals surface area contributed by atoms with Crippen LogP contribution in [-0.2, 0) is 6.42 Å². The Hall–Kier alpha value is -0.980. The van der Waals surface area contributed by atoms with Gasteiger partial charge in [0.25, 0.3) is 0 Å². The zero-order chi connectivity index (χ0) is 14.4. The molecule has 1 aromatic carbocycles. The molecule has 1 atom stereocenters. The number of methoxy groups -OCH3 is 1. The van der Waals surface area contributed by atoms with Gasteiger partial charge in [0.1, 0.15) is 5.75 Å². The van der Waals surface area contributed by atoms with E-state index in [2.05, 4.69) is 43.8 Å². The van der Waals surface area contributed by atoms with E-state index in [4.69, 9.17) is 4.74 Å². The van der Waals surface area contributed by atoms with Gasteiger partial charge in [0.05, 0.1) is 18.8 Å². The van der Waals surface area contributed by atoms with Crippen molar-refractivity contribution in [3.05, 3.63) is 39.3 Å². The van der Waals surface area contributed by atoms with Crippen molar-refractivity contribution in [2.45, 2.75) is 25.8 Å². The minimum absolute atomic E-state index is 0.164. The summed E-state index contributed by atoms with van der Waals surface area (Å²) in [5, 5.41) is 9.72. The summed E-state index contributed by atoms with van der Waals surface area (Å²) in [7, 11) is 1.70. The summed E-state index contributed by atoms with van der Waals surface area (Å²) in [6, 6.07) is 6.23. The van der Waals surface area contributed by atoms with Crippen LogP contribution < -0.4 is 10.1 Å². The smallest absolute Gasteiger partial charge is 0.122 e. The molecule has 6 heteroatoms. The van der Waals surface area contributed by atoms with Crippen molar-refractivity contribution in [3.8, 4) is 5.75 Å². The standard InChI is InChI=1S/C14H18BrN3OS/c1-3-6-16-12(13-9-20-18-17-13)8-10-7-11(15)4-5-14(10)19-2/h4-5,7,9,12,16H,3,6,8H2,1-2H3. The van der Waals surface area contributed by atoms with E-state index in [-0.39, 0.29) is 6.04 Å². The molecular formula is C14H18BrN3OS. The van der Waals surface area contributed by atoms with Gasteiger partial charge in [0, 0.05) is 9.85 Å². The van der Waals surface area contributed by atoms with Crippen LogP contribution in [0.25, 0.3) is 0 Å². The lowest BCUT2D eigenvalue weighted by molar-refractivity contribution is 0.404. The molecular weight excluding hydrogens is 338 g/mol. The molecule has 108 valence electrons. The van der Waals surface area contributed by atoms with Gasteiger partial charge >= 0.3 is 0 Å². The van der Waals surface area contributed by atoms with Crippen LogP contribution in [0.2, 0.25) is 0 Å². The molecule has 0 radical (unpaired) electrons. The molecule has 0 bridgehead atoms. The molecule has 0 spiro atoms. The highest BCUT2D eigenvalue weighted by Crippen LogP contribution is 2.27. The Kier molecular flexibility index (Phi) is 5.94. The van der Waals surface area contributed by atoms with Crippen LogP contribution >= 0.6 is 27.5 Å². The minimum atomic E-state index is 0.164. The molecule has 1 N–H and O–H groups in total. The first-order valence-corrected chi connectivity index (χ1v) is 8.20. The molecule has 0 aliphatic rings. The van der Waals surface area contributed by atoms with E-state index in [1.807, 2.05) is 17.5 Å². The Morgan fingerprint density at radius 3 is 2.95 bits per heavy atom. The molecule has 20 heavy (non-hydrogen) atoms. The second-order valence-corrected chi connectivity index (χ2v) is 6.02. The minimum Gasteiger partial charge on any atom is -0.496 e. The fraction of sp³-hybridized carbons (Fsp3) is 0.429. The van der Waals surface area contributed by atoms with Gasteiger partial charge in [-0.05, 0) is 54.7 Å². The van der Waals surface area contributed by atoms with Crippen LogP contribution in [0.4, 0.5) is 0 Å². The number of halogens is 1. The molecule has 1 heterocycles. The van der Waals surface area contributed by atoms with Crippen LogP contribution in [0.5, 0.6) is 5.75 Å². The predicted octanol–water partition coefficient (Wildman–Crippen LogP) is 3.59. The molecule has 1 aromatic heterocycles. The molecule has 2 aromatic rings. The maximum absolute atomic E-state index is 5.44. The number of hydrogen-bond acceptors (Lipinski definition) is 5. The highest BCUT2D eigenvalue weighted by atomic mass is 79.9. The fourth-order valence-corrected chi connectivity index (χ4v) is 2.97. The summed E-state index contributed by atoms with van der Waals surface area (Å²) >= 11 is 4.90. The summed E-state index contributed by atoms with van der Waals surface area (Å²) in [5.74, 6) is 0.902. The molecule has 2 rings (SSSR count). The van der Waals surface area contributed by atoms with Gasteiger partial charge in [-0.3, -0.25) is 0 Å². The van der Waals surface area contributed by atoms with Gasteiger partial charge in [-0.1, -0.05) is 27.3 Å². The monoisotopic (exact) mass is 355 g/mol. The molecule has 0 amide bonds. The second kappa shape index (κ2) is 7.71. The quantitative estimate of drug-likeness (QED) is 0.824. The molecule has 0 saturated carbocycles. The lowest BCUT2D eigenvalue weighted by atomic mass is 10.0. The number of rotatable bonds is 7. The highest BCUT2D eigenvalue weighted by Gasteiger charge is 2.17. The number of benzene rings is 1.